The molecule has 0 unspecified atom stereocenters. The molecule has 0 heteroatoms. The lowest BCUT2D eigenvalue weighted by Gasteiger charge is -2.41. The second kappa shape index (κ2) is 4.94. The van der Waals surface area contributed by atoms with Gasteiger partial charge in [0.1, 0.15) is 0 Å². The normalized spacial score (nSPS) is 15.2. The first kappa shape index (κ1) is 17.0. The predicted octanol–water partition coefficient (Wildman–Crippen LogP) is 6.12. The van der Waals surface area contributed by atoms with Crippen molar-refractivity contribution in [1.29, 1.82) is 0 Å². The number of hydrogen-bond acceptors (Lipinski definition) is 0. The summed E-state index contributed by atoms with van der Waals surface area (Å²) in [7, 11) is 0. The standard InChI is InChI=1S/C17H35/c1-14(2,3)11-16(7,8)13-17(9,10)12-15(4,5)6/h1,11-13H2,2-10H3. The molecule has 0 N–H and O–H groups in total. The Kier molecular flexibility index (Phi) is 4.94. The molecule has 103 valence electrons. The Morgan fingerprint density at radius 2 is 0.941 bits per heavy atom. The molecule has 0 aromatic carbocycles. The van der Waals surface area contributed by atoms with Crippen LogP contribution in [0.25, 0.3) is 0 Å². The van der Waals surface area contributed by atoms with Crippen LogP contribution in [0.4, 0.5) is 0 Å². The SMILES string of the molecule is [CH2]C(C)(C)CC(C)(C)CC(C)(C)CC(C)(C)C. The van der Waals surface area contributed by atoms with Crippen LogP contribution in [0.2, 0.25) is 0 Å². The summed E-state index contributed by atoms with van der Waals surface area (Å²) in [4.78, 5) is 0. The highest BCUT2D eigenvalue weighted by molar-refractivity contribution is 4.87. The first-order valence-corrected chi connectivity index (χ1v) is 6.97. The largest absolute Gasteiger partial charge is 0.0602 e. The van der Waals surface area contributed by atoms with Crippen molar-refractivity contribution in [2.75, 3.05) is 0 Å². The van der Waals surface area contributed by atoms with Crippen molar-refractivity contribution in [2.45, 2.75) is 81.6 Å². The summed E-state index contributed by atoms with van der Waals surface area (Å²) >= 11 is 0. The van der Waals surface area contributed by atoms with Crippen LogP contribution in [0.3, 0.4) is 0 Å². The van der Waals surface area contributed by atoms with E-state index in [1.165, 1.54) is 19.3 Å². The summed E-state index contributed by atoms with van der Waals surface area (Å²) in [5.41, 5.74) is 1.38. The van der Waals surface area contributed by atoms with Gasteiger partial charge in [-0.1, -0.05) is 62.3 Å². The molecular formula is C17H35. The third-order valence-corrected chi connectivity index (χ3v) is 2.92. The van der Waals surface area contributed by atoms with E-state index in [4.69, 9.17) is 0 Å². The monoisotopic (exact) mass is 239 g/mol. The van der Waals surface area contributed by atoms with Gasteiger partial charge >= 0.3 is 0 Å². The van der Waals surface area contributed by atoms with Gasteiger partial charge in [0.05, 0.1) is 0 Å². The molecule has 0 aromatic rings. The van der Waals surface area contributed by atoms with E-state index in [9.17, 15) is 0 Å². The van der Waals surface area contributed by atoms with Gasteiger partial charge in [-0.2, -0.15) is 0 Å². The molecular weight excluding hydrogens is 204 g/mol. The molecule has 0 rings (SSSR count). The maximum Gasteiger partial charge on any atom is -0.0344 e. The van der Waals surface area contributed by atoms with Gasteiger partial charge < -0.3 is 0 Å². The van der Waals surface area contributed by atoms with Crippen LogP contribution in [-0.2, 0) is 0 Å². The predicted molar refractivity (Wildman–Crippen MR) is 80.0 cm³/mol. The molecule has 0 nitrogen and oxygen atoms in total. The number of hydrogen-bond donors (Lipinski definition) is 0. The van der Waals surface area contributed by atoms with E-state index in [2.05, 4.69) is 69.2 Å². The van der Waals surface area contributed by atoms with Crippen molar-refractivity contribution < 1.29 is 0 Å². The Labute approximate surface area is 111 Å². The Balaban J connectivity index is 4.59. The average Bonchev–Trinajstić information content (AvgIpc) is 1.65. The Bertz CT molecular complexity index is 204. The van der Waals surface area contributed by atoms with Gasteiger partial charge in [0.2, 0.25) is 0 Å². The maximum absolute atomic E-state index is 4.26. The van der Waals surface area contributed by atoms with Crippen LogP contribution in [0.5, 0.6) is 0 Å². The molecule has 0 aliphatic rings. The van der Waals surface area contributed by atoms with Gasteiger partial charge in [0, 0.05) is 0 Å². The van der Waals surface area contributed by atoms with E-state index >= 15 is 0 Å². The summed E-state index contributed by atoms with van der Waals surface area (Å²) in [6.07, 6.45) is 3.74. The van der Waals surface area contributed by atoms with Gasteiger partial charge in [-0.15, -0.1) is 0 Å². The lowest BCUT2D eigenvalue weighted by molar-refractivity contribution is 0.106. The second-order valence-electron chi connectivity index (χ2n) is 9.58. The lowest BCUT2D eigenvalue weighted by atomic mass is 9.64. The zero-order valence-corrected chi connectivity index (χ0v) is 13.8. The molecule has 0 saturated heterocycles. The van der Waals surface area contributed by atoms with Gasteiger partial charge in [-0.05, 0) is 47.8 Å². The molecule has 0 aliphatic carbocycles. The van der Waals surface area contributed by atoms with E-state index in [1.807, 2.05) is 0 Å². The maximum atomic E-state index is 4.26. The summed E-state index contributed by atoms with van der Waals surface area (Å²) in [6.45, 7) is 25.4. The minimum Gasteiger partial charge on any atom is -0.0602 e. The lowest BCUT2D eigenvalue weighted by Crippen LogP contribution is -2.30. The fraction of sp³-hybridized carbons (Fsp3) is 0.941. The molecule has 0 aromatic heterocycles. The third kappa shape index (κ3) is 9.68. The molecule has 1 radical (unpaired) electrons. The van der Waals surface area contributed by atoms with Gasteiger partial charge in [0.25, 0.3) is 0 Å². The highest BCUT2D eigenvalue weighted by atomic mass is 14.4. The summed E-state index contributed by atoms with van der Waals surface area (Å²) in [5.74, 6) is 0. The molecule has 0 aliphatic heterocycles. The highest BCUT2D eigenvalue weighted by Gasteiger charge is 2.34. The zero-order chi connectivity index (χ0) is 14.1. The summed E-state index contributed by atoms with van der Waals surface area (Å²) < 4.78 is 0. The molecule has 0 heterocycles. The first-order valence-electron chi connectivity index (χ1n) is 6.97. The molecule has 0 fully saturated rings. The van der Waals surface area contributed by atoms with Gasteiger partial charge in [0.15, 0.2) is 0 Å². The Hall–Kier alpha value is 0. The van der Waals surface area contributed by atoms with Crippen molar-refractivity contribution in [3.63, 3.8) is 0 Å². The van der Waals surface area contributed by atoms with Crippen molar-refractivity contribution in [2.24, 2.45) is 21.7 Å². The molecule has 0 amide bonds. The molecule has 0 bridgehead atoms. The molecule has 0 saturated carbocycles. The van der Waals surface area contributed by atoms with Crippen molar-refractivity contribution >= 4 is 0 Å². The molecule has 17 heavy (non-hydrogen) atoms. The second-order valence-corrected chi connectivity index (χ2v) is 9.58. The van der Waals surface area contributed by atoms with Crippen LogP contribution >= 0.6 is 0 Å². The smallest absolute Gasteiger partial charge is 0.0344 e. The van der Waals surface area contributed by atoms with Crippen molar-refractivity contribution in [3.05, 3.63) is 6.92 Å². The van der Waals surface area contributed by atoms with Crippen LogP contribution in [0.1, 0.15) is 81.6 Å². The van der Waals surface area contributed by atoms with E-state index in [1.54, 1.807) is 0 Å². The molecule has 0 spiro atoms. The highest BCUT2D eigenvalue weighted by Crippen LogP contribution is 2.45. The molecule has 0 atom stereocenters. The van der Waals surface area contributed by atoms with E-state index < -0.39 is 0 Å². The number of rotatable bonds is 5. The first-order chi connectivity index (χ1) is 7.12. The van der Waals surface area contributed by atoms with Crippen molar-refractivity contribution in [1.82, 2.24) is 0 Å². The fourth-order valence-corrected chi connectivity index (χ4v) is 4.15. The van der Waals surface area contributed by atoms with Crippen LogP contribution in [-0.4, -0.2) is 0 Å². The minimum atomic E-state index is 0.182. The minimum absolute atomic E-state index is 0.182. The Morgan fingerprint density at radius 1 is 0.588 bits per heavy atom. The summed E-state index contributed by atoms with van der Waals surface area (Å²) in [6, 6.07) is 0. The van der Waals surface area contributed by atoms with E-state index in [0.717, 1.165) is 0 Å². The third-order valence-electron chi connectivity index (χ3n) is 2.92. The van der Waals surface area contributed by atoms with Crippen molar-refractivity contribution in [3.8, 4) is 0 Å². The average molecular weight is 239 g/mol. The fourth-order valence-electron chi connectivity index (χ4n) is 4.15. The van der Waals surface area contributed by atoms with Crippen LogP contribution in [0, 0.1) is 28.6 Å². The van der Waals surface area contributed by atoms with E-state index in [-0.39, 0.29) is 5.41 Å². The van der Waals surface area contributed by atoms with E-state index in [0.29, 0.717) is 16.2 Å². The van der Waals surface area contributed by atoms with Gasteiger partial charge in [-0.3, -0.25) is 0 Å². The van der Waals surface area contributed by atoms with Gasteiger partial charge in [-0.25, -0.2) is 0 Å². The summed E-state index contributed by atoms with van der Waals surface area (Å²) in [5, 5.41) is 0. The quantitative estimate of drug-likeness (QED) is 0.542. The zero-order valence-electron chi connectivity index (χ0n) is 13.8. The van der Waals surface area contributed by atoms with Crippen LogP contribution < -0.4 is 0 Å². The topological polar surface area (TPSA) is 0 Å². The Morgan fingerprint density at radius 3 is 1.24 bits per heavy atom. The van der Waals surface area contributed by atoms with Crippen LogP contribution in [0.15, 0.2) is 0 Å².